The third kappa shape index (κ3) is 3.78. The van der Waals surface area contributed by atoms with Crippen LogP contribution < -0.4 is 5.56 Å². The van der Waals surface area contributed by atoms with Gasteiger partial charge in [0.1, 0.15) is 17.0 Å². The Morgan fingerprint density at radius 2 is 1.97 bits per heavy atom. The van der Waals surface area contributed by atoms with E-state index in [2.05, 4.69) is 45.7 Å². The first-order chi connectivity index (χ1) is 15.0. The zero-order valence-corrected chi connectivity index (χ0v) is 18.6. The topological polar surface area (TPSA) is 92.6 Å². The standard InChI is InChI=1S/C23H31N7O/c1-4-20-24-9-16(15(3)26-20)12-29-11-14(2)19(13-29)21-27-22-18(23(31)28-21)10-25-30(22)17-7-5-6-8-17/h9-10,14,17,19H,4-8,11-13H2,1-3H3,(H,27,28,31)/t14-,19-/m1/s1. The first-order valence-electron chi connectivity index (χ1n) is 11.5. The Hall–Kier alpha value is -2.61. The normalized spacial score (nSPS) is 22.7. The number of aromatic nitrogens is 6. The zero-order chi connectivity index (χ0) is 21.5. The molecule has 2 fully saturated rings. The van der Waals surface area contributed by atoms with Gasteiger partial charge in [-0.2, -0.15) is 5.10 Å². The van der Waals surface area contributed by atoms with Crippen LogP contribution in [0.25, 0.3) is 11.0 Å². The summed E-state index contributed by atoms with van der Waals surface area (Å²) in [6.45, 7) is 9.02. The molecule has 0 unspecified atom stereocenters. The molecule has 1 aliphatic heterocycles. The number of nitrogens with zero attached hydrogens (tertiary/aromatic N) is 6. The highest BCUT2D eigenvalue weighted by atomic mass is 16.1. The van der Waals surface area contributed by atoms with Crippen molar-refractivity contribution in [2.75, 3.05) is 13.1 Å². The maximum atomic E-state index is 12.8. The second-order valence-electron chi connectivity index (χ2n) is 9.24. The molecule has 0 spiro atoms. The molecule has 1 saturated carbocycles. The number of nitrogens with one attached hydrogen (secondary N) is 1. The third-order valence-corrected chi connectivity index (χ3v) is 7.03. The summed E-state index contributed by atoms with van der Waals surface area (Å²) in [5, 5.41) is 5.13. The van der Waals surface area contributed by atoms with Crippen LogP contribution in [-0.4, -0.2) is 47.7 Å². The quantitative estimate of drug-likeness (QED) is 0.680. The Morgan fingerprint density at radius 1 is 1.16 bits per heavy atom. The van der Waals surface area contributed by atoms with E-state index in [1.54, 1.807) is 6.20 Å². The van der Waals surface area contributed by atoms with Gasteiger partial charge in [-0.3, -0.25) is 9.69 Å². The van der Waals surface area contributed by atoms with Crippen molar-refractivity contribution >= 4 is 11.0 Å². The van der Waals surface area contributed by atoms with Crippen molar-refractivity contribution in [1.82, 2.24) is 34.6 Å². The number of fused-ring (bicyclic) bond motifs is 1. The van der Waals surface area contributed by atoms with Crippen molar-refractivity contribution in [1.29, 1.82) is 0 Å². The number of hydrogen-bond donors (Lipinski definition) is 1. The molecule has 1 N–H and O–H groups in total. The molecule has 3 aromatic rings. The van der Waals surface area contributed by atoms with Crippen LogP contribution >= 0.6 is 0 Å². The number of hydrogen-bond acceptors (Lipinski definition) is 6. The summed E-state index contributed by atoms with van der Waals surface area (Å²) in [6, 6.07) is 0.367. The van der Waals surface area contributed by atoms with Crippen LogP contribution in [0.15, 0.2) is 17.2 Å². The molecule has 3 aromatic heterocycles. The fourth-order valence-electron chi connectivity index (χ4n) is 5.20. The van der Waals surface area contributed by atoms with Gasteiger partial charge in [0.25, 0.3) is 5.56 Å². The fraction of sp³-hybridized carbons (Fsp3) is 0.609. The summed E-state index contributed by atoms with van der Waals surface area (Å²) >= 11 is 0. The molecular formula is C23H31N7O. The van der Waals surface area contributed by atoms with E-state index in [-0.39, 0.29) is 11.5 Å². The van der Waals surface area contributed by atoms with Crippen LogP contribution in [-0.2, 0) is 13.0 Å². The van der Waals surface area contributed by atoms with Gasteiger partial charge in [-0.15, -0.1) is 0 Å². The second-order valence-corrected chi connectivity index (χ2v) is 9.24. The van der Waals surface area contributed by atoms with Gasteiger partial charge >= 0.3 is 0 Å². The lowest BCUT2D eigenvalue weighted by Gasteiger charge is -2.17. The smallest absolute Gasteiger partial charge is 0.262 e. The SMILES string of the molecule is CCc1ncc(CN2C[C@@H](C)[C@H](c3nc4c(cnn4C4CCCC4)c(=O)[nH]3)C2)c(C)n1. The van der Waals surface area contributed by atoms with Gasteiger partial charge in [-0.1, -0.05) is 26.7 Å². The highest BCUT2D eigenvalue weighted by molar-refractivity contribution is 5.73. The number of H-pyrrole nitrogens is 1. The van der Waals surface area contributed by atoms with E-state index in [1.165, 1.54) is 18.4 Å². The Labute approximate surface area is 182 Å². The predicted octanol–water partition coefficient (Wildman–Crippen LogP) is 3.13. The molecule has 0 radical (unpaired) electrons. The summed E-state index contributed by atoms with van der Waals surface area (Å²) in [7, 11) is 0. The molecule has 1 aliphatic carbocycles. The Morgan fingerprint density at radius 3 is 2.71 bits per heavy atom. The largest absolute Gasteiger partial charge is 0.310 e. The summed E-state index contributed by atoms with van der Waals surface area (Å²) in [6.07, 6.45) is 9.17. The number of likely N-dealkylation sites (tertiary alicyclic amines) is 1. The van der Waals surface area contributed by atoms with Crippen molar-refractivity contribution in [3.05, 3.63) is 45.7 Å². The Bertz CT molecular complexity index is 1140. The van der Waals surface area contributed by atoms with E-state index in [1.807, 2.05) is 10.9 Å². The van der Waals surface area contributed by atoms with Crippen LogP contribution in [0.4, 0.5) is 0 Å². The average Bonchev–Trinajstić information content (AvgIpc) is 3.49. The lowest BCUT2D eigenvalue weighted by molar-refractivity contribution is 0.316. The summed E-state index contributed by atoms with van der Waals surface area (Å²) in [5.74, 6) is 2.28. The molecule has 1 saturated heterocycles. The summed E-state index contributed by atoms with van der Waals surface area (Å²) in [5.41, 5.74) is 2.89. The molecule has 8 nitrogen and oxygen atoms in total. The van der Waals surface area contributed by atoms with E-state index < -0.39 is 0 Å². The van der Waals surface area contributed by atoms with Gasteiger partial charge in [-0.05, 0) is 25.7 Å². The molecule has 2 atom stereocenters. The Balaban J connectivity index is 1.40. The molecule has 8 heteroatoms. The molecule has 0 bridgehead atoms. The van der Waals surface area contributed by atoms with Crippen molar-refractivity contribution in [3.8, 4) is 0 Å². The molecule has 0 amide bonds. The number of rotatable bonds is 5. The van der Waals surface area contributed by atoms with Crippen molar-refractivity contribution < 1.29 is 0 Å². The van der Waals surface area contributed by atoms with E-state index in [9.17, 15) is 4.79 Å². The van der Waals surface area contributed by atoms with Crippen LogP contribution in [0.5, 0.6) is 0 Å². The molecule has 4 heterocycles. The average molecular weight is 422 g/mol. The third-order valence-electron chi connectivity index (χ3n) is 7.03. The summed E-state index contributed by atoms with van der Waals surface area (Å²) < 4.78 is 1.99. The van der Waals surface area contributed by atoms with Crippen molar-refractivity contribution in [2.45, 2.75) is 71.4 Å². The molecule has 5 rings (SSSR count). The predicted molar refractivity (Wildman–Crippen MR) is 119 cm³/mol. The van der Waals surface area contributed by atoms with Gasteiger partial charge in [0, 0.05) is 49.4 Å². The number of aromatic amines is 1. The lowest BCUT2D eigenvalue weighted by atomic mass is 9.97. The van der Waals surface area contributed by atoms with Gasteiger partial charge in [-0.25, -0.2) is 19.6 Å². The zero-order valence-electron chi connectivity index (χ0n) is 18.6. The molecule has 164 valence electrons. The molecule has 31 heavy (non-hydrogen) atoms. The number of aryl methyl sites for hydroxylation is 2. The highest BCUT2D eigenvalue weighted by Gasteiger charge is 2.33. The molecule has 2 aliphatic rings. The minimum Gasteiger partial charge on any atom is -0.310 e. The van der Waals surface area contributed by atoms with Crippen molar-refractivity contribution in [3.63, 3.8) is 0 Å². The maximum Gasteiger partial charge on any atom is 0.262 e. The van der Waals surface area contributed by atoms with Gasteiger partial charge in [0.2, 0.25) is 0 Å². The minimum atomic E-state index is -0.0747. The van der Waals surface area contributed by atoms with Gasteiger partial charge < -0.3 is 4.98 Å². The summed E-state index contributed by atoms with van der Waals surface area (Å²) in [4.78, 5) is 32.3. The molecular weight excluding hydrogens is 390 g/mol. The second kappa shape index (κ2) is 8.15. The van der Waals surface area contributed by atoms with E-state index in [0.29, 0.717) is 17.3 Å². The maximum absolute atomic E-state index is 12.8. The van der Waals surface area contributed by atoms with E-state index in [0.717, 1.165) is 61.9 Å². The van der Waals surface area contributed by atoms with Crippen LogP contribution in [0.2, 0.25) is 0 Å². The lowest BCUT2D eigenvalue weighted by Crippen LogP contribution is -2.22. The molecule has 0 aromatic carbocycles. The van der Waals surface area contributed by atoms with E-state index >= 15 is 0 Å². The van der Waals surface area contributed by atoms with Gasteiger partial charge in [0.05, 0.1) is 12.2 Å². The van der Waals surface area contributed by atoms with Crippen molar-refractivity contribution in [2.24, 2.45) is 5.92 Å². The fourth-order valence-corrected chi connectivity index (χ4v) is 5.20. The monoisotopic (exact) mass is 421 g/mol. The first kappa shape index (κ1) is 20.3. The van der Waals surface area contributed by atoms with Crippen LogP contribution in [0.1, 0.15) is 74.4 Å². The van der Waals surface area contributed by atoms with Gasteiger partial charge in [0.15, 0.2) is 5.65 Å². The minimum absolute atomic E-state index is 0.0747. The first-order valence-corrected chi connectivity index (χ1v) is 11.5. The van der Waals surface area contributed by atoms with E-state index in [4.69, 9.17) is 4.98 Å². The highest BCUT2D eigenvalue weighted by Crippen LogP contribution is 2.33. The van der Waals surface area contributed by atoms with Crippen LogP contribution in [0, 0.1) is 12.8 Å². The van der Waals surface area contributed by atoms with Crippen LogP contribution in [0.3, 0.4) is 0 Å². The Kier molecular flexibility index (Phi) is 5.33.